The molecule has 1 saturated heterocycles. The molecule has 0 bridgehead atoms. The first-order valence-electron chi connectivity index (χ1n) is 10.5. The number of rotatable bonds is 7. The molecule has 7 nitrogen and oxygen atoms in total. The summed E-state index contributed by atoms with van der Waals surface area (Å²) in [5, 5.41) is 5.77. The molecule has 0 aliphatic carbocycles. The van der Waals surface area contributed by atoms with E-state index in [4.69, 9.17) is 4.42 Å². The number of aryl methyl sites for hydroxylation is 1. The molecule has 160 valence electrons. The lowest BCUT2D eigenvalue weighted by Gasteiger charge is -2.32. The van der Waals surface area contributed by atoms with Crippen LogP contribution in [0.4, 0.5) is 5.69 Å². The van der Waals surface area contributed by atoms with Crippen molar-refractivity contribution in [3.63, 3.8) is 0 Å². The van der Waals surface area contributed by atoms with Gasteiger partial charge in [-0.2, -0.15) is 0 Å². The Morgan fingerprint density at radius 2 is 2.07 bits per heavy atom. The molecule has 2 aromatic rings. The van der Waals surface area contributed by atoms with Crippen LogP contribution >= 0.6 is 0 Å². The number of carbonyl (C=O) groups excluding carboxylic acids is 3. The minimum atomic E-state index is -0.366. The first-order valence-corrected chi connectivity index (χ1v) is 10.5. The zero-order chi connectivity index (χ0) is 21.5. The van der Waals surface area contributed by atoms with Crippen molar-refractivity contribution in [3.8, 4) is 0 Å². The molecule has 1 aliphatic rings. The molecule has 2 N–H and O–H groups in total. The average molecular weight is 412 g/mol. The average Bonchev–Trinajstić information content (AvgIpc) is 3.30. The number of hydrogen-bond acceptors (Lipinski definition) is 4. The van der Waals surface area contributed by atoms with Crippen molar-refractivity contribution in [1.29, 1.82) is 0 Å². The summed E-state index contributed by atoms with van der Waals surface area (Å²) in [6.07, 6.45) is 5.01. The van der Waals surface area contributed by atoms with Crippen LogP contribution < -0.4 is 10.6 Å². The largest absolute Gasteiger partial charge is 0.459 e. The number of amides is 3. The minimum absolute atomic E-state index is 0.0243. The highest BCUT2D eigenvalue weighted by atomic mass is 16.3. The van der Waals surface area contributed by atoms with Gasteiger partial charge in [0, 0.05) is 30.9 Å². The van der Waals surface area contributed by atoms with E-state index in [2.05, 4.69) is 17.6 Å². The number of hydrogen-bond donors (Lipinski definition) is 2. The fourth-order valence-corrected chi connectivity index (χ4v) is 3.57. The predicted molar refractivity (Wildman–Crippen MR) is 114 cm³/mol. The maximum Gasteiger partial charge on any atom is 0.291 e. The summed E-state index contributed by atoms with van der Waals surface area (Å²) in [5.74, 6) is -0.442. The van der Waals surface area contributed by atoms with Crippen LogP contribution in [0.25, 0.3) is 0 Å². The van der Waals surface area contributed by atoms with Crippen molar-refractivity contribution in [2.45, 2.75) is 39.5 Å². The molecule has 1 fully saturated rings. The Morgan fingerprint density at radius 3 is 2.80 bits per heavy atom. The second kappa shape index (κ2) is 10.1. The topological polar surface area (TPSA) is 91.7 Å². The SMILES string of the molecule is CCCCNC(=O)C1CCCN(C(=O)c2ccc(C)c(NC(=O)c3ccco3)c2)C1. The molecular weight excluding hydrogens is 382 g/mol. The van der Waals surface area contributed by atoms with Crippen molar-refractivity contribution in [3.05, 3.63) is 53.5 Å². The molecule has 1 aliphatic heterocycles. The third kappa shape index (κ3) is 5.28. The van der Waals surface area contributed by atoms with Gasteiger partial charge in [0.1, 0.15) is 0 Å². The predicted octanol–water partition coefficient (Wildman–Crippen LogP) is 3.61. The third-order valence-electron chi connectivity index (χ3n) is 5.39. The number of benzene rings is 1. The molecule has 0 saturated carbocycles. The van der Waals surface area contributed by atoms with Gasteiger partial charge in [0.05, 0.1) is 12.2 Å². The number of nitrogens with zero attached hydrogens (tertiary/aromatic N) is 1. The second-order valence-electron chi connectivity index (χ2n) is 7.70. The molecule has 3 rings (SSSR count). The second-order valence-corrected chi connectivity index (χ2v) is 7.70. The Bertz CT molecular complexity index is 892. The number of nitrogens with one attached hydrogen (secondary N) is 2. The molecule has 1 aromatic carbocycles. The minimum Gasteiger partial charge on any atom is -0.459 e. The van der Waals surface area contributed by atoms with E-state index in [-0.39, 0.29) is 29.4 Å². The van der Waals surface area contributed by atoms with Gasteiger partial charge in [-0.1, -0.05) is 19.4 Å². The Hall–Kier alpha value is -3.09. The summed E-state index contributed by atoms with van der Waals surface area (Å²) < 4.78 is 5.12. The molecule has 2 heterocycles. The van der Waals surface area contributed by atoms with E-state index < -0.39 is 0 Å². The lowest BCUT2D eigenvalue weighted by Crippen LogP contribution is -2.45. The smallest absolute Gasteiger partial charge is 0.291 e. The van der Waals surface area contributed by atoms with Gasteiger partial charge in [-0.25, -0.2) is 0 Å². The first kappa shape index (κ1) is 21.6. The van der Waals surface area contributed by atoms with Gasteiger partial charge in [0.15, 0.2) is 5.76 Å². The summed E-state index contributed by atoms with van der Waals surface area (Å²) in [6, 6.07) is 8.48. The van der Waals surface area contributed by atoms with Crippen molar-refractivity contribution in [2.24, 2.45) is 5.92 Å². The van der Waals surface area contributed by atoms with Crippen LogP contribution in [-0.2, 0) is 4.79 Å². The molecule has 1 atom stereocenters. The Balaban J connectivity index is 1.67. The van der Waals surface area contributed by atoms with E-state index in [1.165, 1.54) is 6.26 Å². The summed E-state index contributed by atoms with van der Waals surface area (Å²) in [6.45, 7) is 5.67. The normalized spacial score (nSPS) is 16.2. The highest BCUT2D eigenvalue weighted by Gasteiger charge is 2.29. The van der Waals surface area contributed by atoms with E-state index in [1.54, 1.807) is 29.2 Å². The molecule has 30 heavy (non-hydrogen) atoms. The number of unbranched alkanes of at least 4 members (excludes halogenated alkanes) is 1. The fraction of sp³-hybridized carbons (Fsp3) is 0.435. The quantitative estimate of drug-likeness (QED) is 0.681. The number of likely N-dealkylation sites (tertiary alicyclic amines) is 1. The van der Waals surface area contributed by atoms with Crippen LogP contribution in [0.2, 0.25) is 0 Å². The fourth-order valence-electron chi connectivity index (χ4n) is 3.57. The maximum atomic E-state index is 13.1. The van der Waals surface area contributed by atoms with Crippen LogP contribution in [0.15, 0.2) is 41.0 Å². The van der Waals surface area contributed by atoms with Gasteiger partial charge < -0.3 is 20.0 Å². The highest BCUT2D eigenvalue weighted by molar-refractivity contribution is 6.04. The zero-order valence-corrected chi connectivity index (χ0v) is 17.6. The number of furan rings is 1. The number of carbonyl (C=O) groups is 3. The van der Waals surface area contributed by atoms with Crippen LogP contribution in [-0.4, -0.2) is 42.3 Å². The molecule has 0 radical (unpaired) electrons. The van der Waals surface area contributed by atoms with Crippen molar-refractivity contribution >= 4 is 23.4 Å². The lowest BCUT2D eigenvalue weighted by molar-refractivity contribution is -0.126. The molecule has 3 amide bonds. The summed E-state index contributed by atoms with van der Waals surface area (Å²) in [4.78, 5) is 39.5. The first-order chi connectivity index (χ1) is 14.5. The summed E-state index contributed by atoms with van der Waals surface area (Å²) in [7, 11) is 0. The van der Waals surface area contributed by atoms with Crippen LogP contribution in [0.1, 0.15) is 59.1 Å². The van der Waals surface area contributed by atoms with E-state index in [0.717, 1.165) is 31.2 Å². The monoisotopic (exact) mass is 411 g/mol. The highest BCUT2D eigenvalue weighted by Crippen LogP contribution is 2.22. The van der Waals surface area contributed by atoms with Gasteiger partial charge in [-0.3, -0.25) is 14.4 Å². The molecule has 0 spiro atoms. The summed E-state index contributed by atoms with van der Waals surface area (Å²) >= 11 is 0. The van der Waals surface area contributed by atoms with E-state index in [9.17, 15) is 14.4 Å². The van der Waals surface area contributed by atoms with E-state index in [1.807, 2.05) is 13.0 Å². The number of anilines is 1. The van der Waals surface area contributed by atoms with Crippen LogP contribution in [0.5, 0.6) is 0 Å². The lowest BCUT2D eigenvalue weighted by atomic mass is 9.96. The zero-order valence-electron chi connectivity index (χ0n) is 17.6. The maximum absolute atomic E-state index is 13.1. The van der Waals surface area contributed by atoms with Gasteiger partial charge in [0.2, 0.25) is 5.91 Å². The Morgan fingerprint density at radius 1 is 1.23 bits per heavy atom. The van der Waals surface area contributed by atoms with Gasteiger partial charge in [-0.05, 0) is 56.0 Å². The van der Waals surface area contributed by atoms with Crippen LogP contribution in [0, 0.1) is 12.8 Å². The van der Waals surface area contributed by atoms with E-state index >= 15 is 0 Å². The Kier molecular flexibility index (Phi) is 7.27. The van der Waals surface area contributed by atoms with Crippen LogP contribution in [0.3, 0.4) is 0 Å². The van der Waals surface area contributed by atoms with Gasteiger partial charge in [-0.15, -0.1) is 0 Å². The Labute approximate surface area is 176 Å². The van der Waals surface area contributed by atoms with Crippen molar-refractivity contribution < 1.29 is 18.8 Å². The molecule has 1 unspecified atom stereocenters. The van der Waals surface area contributed by atoms with Gasteiger partial charge >= 0.3 is 0 Å². The van der Waals surface area contributed by atoms with Gasteiger partial charge in [0.25, 0.3) is 11.8 Å². The third-order valence-corrected chi connectivity index (χ3v) is 5.39. The molecular formula is C23H29N3O4. The summed E-state index contributed by atoms with van der Waals surface area (Å²) in [5.41, 5.74) is 1.90. The van der Waals surface area contributed by atoms with Crippen molar-refractivity contribution in [1.82, 2.24) is 10.2 Å². The molecule has 7 heteroatoms. The standard InChI is InChI=1S/C23H29N3O4/c1-3-4-11-24-21(27)18-7-5-12-26(15-18)23(29)17-10-9-16(2)19(14-17)25-22(28)20-8-6-13-30-20/h6,8-10,13-14,18H,3-5,7,11-12,15H2,1-2H3,(H,24,27)(H,25,28). The van der Waals surface area contributed by atoms with E-state index in [0.29, 0.717) is 30.9 Å². The van der Waals surface area contributed by atoms with Crippen molar-refractivity contribution in [2.75, 3.05) is 25.0 Å². The number of piperidine rings is 1. The molecule has 1 aromatic heterocycles.